The molecule has 2 rings (SSSR count). The maximum atomic E-state index is 13.3. The first-order chi connectivity index (χ1) is 7.59. The van der Waals surface area contributed by atoms with Gasteiger partial charge >= 0.3 is 0 Å². The fourth-order valence-corrected chi connectivity index (χ4v) is 2.15. The van der Waals surface area contributed by atoms with Crippen molar-refractivity contribution in [3.05, 3.63) is 33.5 Å². The summed E-state index contributed by atoms with van der Waals surface area (Å²) in [7, 11) is 0. The molecule has 4 heteroatoms. The van der Waals surface area contributed by atoms with E-state index in [0.29, 0.717) is 12.2 Å². The monoisotopic (exact) mass is 288 g/mol. The molecule has 0 unspecified atom stereocenters. The second-order valence-corrected chi connectivity index (χ2v) is 4.80. The Morgan fingerprint density at radius 2 is 2.31 bits per heavy atom. The van der Waals surface area contributed by atoms with Gasteiger partial charge in [0.15, 0.2) is 0 Å². The normalized spacial score (nSPS) is 20.9. The zero-order valence-electron chi connectivity index (χ0n) is 9.30. The van der Waals surface area contributed by atoms with Crippen LogP contribution in [0.5, 0.6) is 0 Å². The van der Waals surface area contributed by atoms with Crippen molar-refractivity contribution < 1.29 is 13.9 Å². The third-order valence-electron chi connectivity index (χ3n) is 2.72. The summed E-state index contributed by atoms with van der Waals surface area (Å²) in [6.07, 6.45) is 0.195. The fraction of sp³-hybridized carbons (Fsp3) is 0.500. The second-order valence-electron chi connectivity index (χ2n) is 4.01. The Morgan fingerprint density at radius 3 is 2.94 bits per heavy atom. The lowest BCUT2D eigenvalue weighted by molar-refractivity contribution is 0.0534. The SMILES string of the molecule is Cc1c(F)ccc([C@@H](C)OC[C@H]2CO2)c1Br. The van der Waals surface area contributed by atoms with Crippen molar-refractivity contribution in [2.24, 2.45) is 0 Å². The van der Waals surface area contributed by atoms with Crippen molar-refractivity contribution in [2.75, 3.05) is 13.2 Å². The molecule has 1 aromatic carbocycles. The molecule has 0 aromatic heterocycles. The van der Waals surface area contributed by atoms with Gasteiger partial charge in [0.1, 0.15) is 11.9 Å². The predicted octanol–water partition coefficient (Wildman–Crippen LogP) is 3.37. The lowest BCUT2D eigenvalue weighted by atomic mass is 10.1. The molecule has 0 aliphatic carbocycles. The van der Waals surface area contributed by atoms with Crippen LogP contribution < -0.4 is 0 Å². The van der Waals surface area contributed by atoms with E-state index in [4.69, 9.17) is 9.47 Å². The molecule has 1 aliphatic rings. The highest BCUT2D eigenvalue weighted by molar-refractivity contribution is 9.10. The topological polar surface area (TPSA) is 21.8 Å². The Hall–Kier alpha value is -0.450. The molecule has 88 valence electrons. The molecule has 0 saturated carbocycles. The van der Waals surface area contributed by atoms with Crippen molar-refractivity contribution in [3.63, 3.8) is 0 Å². The minimum Gasteiger partial charge on any atom is -0.371 e. The minimum absolute atomic E-state index is 0.0575. The highest BCUT2D eigenvalue weighted by Crippen LogP contribution is 2.30. The molecule has 1 heterocycles. The first-order valence-electron chi connectivity index (χ1n) is 5.27. The van der Waals surface area contributed by atoms with Crippen LogP contribution >= 0.6 is 15.9 Å². The van der Waals surface area contributed by atoms with E-state index in [1.807, 2.05) is 6.92 Å². The Kier molecular flexibility index (Phi) is 3.62. The van der Waals surface area contributed by atoms with E-state index < -0.39 is 0 Å². The van der Waals surface area contributed by atoms with Crippen molar-refractivity contribution in [3.8, 4) is 0 Å². The fourth-order valence-electron chi connectivity index (χ4n) is 1.50. The molecule has 16 heavy (non-hydrogen) atoms. The van der Waals surface area contributed by atoms with E-state index in [9.17, 15) is 4.39 Å². The molecular weight excluding hydrogens is 275 g/mol. The lowest BCUT2D eigenvalue weighted by Crippen LogP contribution is -2.07. The van der Waals surface area contributed by atoms with Gasteiger partial charge in [0.25, 0.3) is 0 Å². The highest BCUT2D eigenvalue weighted by Gasteiger charge is 2.24. The van der Waals surface area contributed by atoms with Crippen LogP contribution in [-0.2, 0) is 9.47 Å². The molecule has 0 N–H and O–H groups in total. The summed E-state index contributed by atoms with van der Waals surface area (Å²) in [5, 5.41) is 0. The molecule has 1 fully saturated rings. The summed E-state index contributed by atoms with van der Waals surface area (Å²) in [6, 6.07) is 3.23. The van der Waals surface area contributed by atoms with Crippen molar-refractivity contribution in [1.82, 2.24) is 0 Å². The summed E-state index contributed by atoms with van der Waals surface area (Å²) < 4.78 is 24.8. The third kappa shape index (κ3) is 2.62. The van der Waals surface area contributed by atoms with Gasteiger partial charge in [-0.2, -0.15) is 0 Å². The van der Waals surface area contributed by atoms with Gasteiger partial charge in [-0.15, -0.1) is 0 Å². The molecule has 1 aliphatic heterocycles. The van der Waals surface area contributed by atoms with E-state index >= 15 is 0 Å². The summed E-state index contributed by atoms with van der Waals surface area (Å²) in [6.45, 7) is 5.10. The first kappa shape index (κ1) is 12.0. The summed E-state index contributed by atoms with van der Waals surface area (Å²) in [5.74, 6) is -0.201. The Balaban J connectivity index is 2.09. The summed E-state index contributed by atoms with van der Waals surface area (Å²) >= 11 is 3.40. The Morgan fingerprint density at radius 1 is 1.62 bits per heavy atom. The van der Waals surface area contributed by atoms with Crippen molar-refractivity contribution >= 4 is 15.9 Å². The highest BCUT2D eigenvalue weighted by atomic mass is 79.9. The quantitative estimate of drug-likeness (QED) is 0.793. The number of halogens is 2. The Bertz CT molecular complexity index is 391. The van der Waals surface area contributed by atoms with Gasteiger partial charge in [-0.25, -0.2) is 4.39 Å². The maximum Gasteiger partial charge on any atom is 0.127 e. The van der Waals surface area contributed by atoms with E-state index in [1.54, 1.807) is 13.0 Å². The second kappa shape index (κ2) is 4.82. The summed E-state index contributed by atoms with van der Waals surface area (Å²) in [4.78, 5) is 0. The van der Waals surface area contributed by atoms with Gasteiger partial charge in [-0.05, 0) is 31.0 Å². The van der Waals surface area contributed by atoms with Crippen LogP contribution in [0.4, 0.5) is 4.39 Å². The number of rotatable bonds is 4. The Labute approximate surface area is 103 Å². The van der Waals surface area contributed by atoms with Gasteiger partial charge < -0.3 is 9.47 Å². The van der Waals surface area contributed by atoms with Gasteiger partial charge in [0, 0.05) is 4.47 Å². The van der Waals surface area contributed by atoms with Crippen LogP contribution in [0.15, 0.2) is 16.6 Å². The van der Waals surface area contributed by atoms with E-state index in [0.717, 1.165) is 16.6 Å². The van der Waals surface area contributed by atoms with Crippen LogP contribution in [-0.4, -0.2) is 19.3 Å². The molecule has 0 amide bonds. The maximum absolute atomic E-state index is 13.3. The minimum atomic E-state index is -0.201. The smallest absolute Gasteiger partial charge is 0.127 e. The average Bonchev–Trinajstić information content (AvgIpc) is 3.07. The number of benzene rings is 1. The van der Waals surface area contributed by atoms with Gasteiger partial charge in [0.2, 0.25) is 0 Å². The largest absolute Gasteiger partial charge is 0.371 e. The van der Waals surface area contributed by atoms with Crippen LogP contribution in [0.3, 0.4) is 0 Å². The van der Waals surface area contributed by atoms with E-state index in [-0.39, 0.29) is 18.0 Å². The standard InChI is InChI=1S/C12H14BrFO2/c1-7-11(14)4-3-10(12(7)13)8(2)15-5-9-6-16-9/h3-4,8-9H,5-6H2,1-2H3/t8-,9+/m1/s1. The van der Waals surface area contributed by atoms with Crippen LogP contribution in [0, 0.1) is 12.7 Å². The molecule has 1 aromatic rings. The number of epoxide rings is 1. The lowest BCUT2D eigenvalue weighted by Gasteiger charge is -2.16. The van der Waals surface area contributed by atoms with Crippen molar-refractivity contribution in [2.45, 2.75) is 26.1 Å². The molecule has 2 nitrogen and oxygen atoms in total. The molecule has 0 radical (unpaired) electrons. The predicted molar refractivity (Wildman–Crippen MR) is 62.9 cm³/mol. The van der Waals surface area contributed by atoms with Gasteiger partial charge in [0.05, 0.1) is 19.3 Å². The zero-order valence-corrected chi connectivity index (χ0v) is 10.9. The van der Waals surface area contributed by atoms with Gasteiger partial charge in [-0.3, -0.25) is 0 Å². The summed E-state index contributed by atoms with van der Waals surface area (Å²) in [5.41, 5.74) is 1.59. The molecule has 2 atom stereocenters. The molecule has 1 saturated heterocycles. The van der Waals surface area contributed by atoms with Crippen LogP contribution in [0.25, 0.3) is 0 Å². The number of hydrogen-bond donors (Lipinski definition) is 0. The first-order valence-corrected chi connectivity index (χ1v) is 6.06. The third-order valence-corrected chi connectivity index (χ3v) is 3.78. The average molecular weight is 289 g/mol. The van der Waals surface area contributed by atoms with E-state index in [2.05, 4.69) is 15.9 Å². The number of ether oxygens (including phenoxy) is 2. The van der Waals surface area contributed by atoms with Crippen molar-refractivity contribution in [1.29, 1.82) is 0 Å². The molecule has 0 bridgehead atoms. The van der Waals surface area contributed by atoms with E-state index in [1.165, 1.54) is 6.07 Å². The molecule has 0 spiro atoms. The van der Waals surface area contributed by atoms with Gasteiger partial charge in [-0.1, -0.05) is 22.0 Å². The number of hydrogen-bond acceptors (Lipinski definition) is 2. The van der Waals surface area contributed by atoms with Crippen LogP contribution in [0.2, 0.25) is 0 Å². The molecular formula is C12H14BrFO2. The zero-order chi connectivity index (χ0) is 11.7. The van der Waals surface area contributed by atoms with Crippen LogP contribution in [0.1, 0.15) is 24.2 Å².